The second-order valence-electron chi connectivity index (χ2n) is 4.58. The topological polar surface area (TPSA) is 72.1 Å². The summed E-state index contributed by atoms with van der Waals surface area (Å²) in [6, 6.07) is 2.10. The lowest BCUT2D eigenvalue weighted by Crippen LogP contribution is -2.33. The lowest BCUT2D eigenvalue weighted by atomic mass is 10.2. The quantitative estimate of drug-likeness (QED) is 0.852. The molecule has 1 fully saturated rings. The van der Waals surface area contributed by atoms with Gasteiger partial charge in [-0.2, -0.15) is 5.10 Å². The summed E-state index contributed by atoms with van der Waals surface area (Å²) in [7, 11) is 0. The van der Waals surface area contributed by atoms with Gasteiger partial charge in [-0.1, -0.05) is 0 Å². The number of thiophene rings is 1. The Bertz CT molecular complexity index is 609. The molecular weight excluding hydrogens is 248 g/mol. The van der Waals surface area contributed by atoms with Gasteiger partial charge < -0.3 is 10.6 Å². The lowest BCUT2D eigenvalue weighted by molar-refractivity contribution is 0.0753. The van der Waals surface area contributed by atoms with Crippen LogP contribution in [0.3, 0.4) is 0 Å². The van der Waals surface area contributed by atoms with Crippen LogP contribution in [0.5, 0.6) is 0 Å². The van der Waals surface area contributed by atoms with Crippen molar-refractivity contribution in [2.24, 2.45) is 0 Å². The average molecular weight is 262 g/mol. The van der Waals surface area contributed by atoms with Gasteiger partial charge in [0.05, 0.1) is 11.9 Å². The van der Waals surface area contributed by atoms with Crippen molar-refractivity contribution in [3.63, 3.8) is 0 Å². The van der Waals surface area contributed by atoms with Gasteiger partial charge in [0.2, 0.25) is 0 Å². The van der Waals surface area contributed by atoms with Crippen molar-refractivity contribution in [2.45, 2.75) is 25.8 Å². The molecule has 5 nitrogen and oxygen atoms in total. The van der Waals surface area contributed by atoms with E-state index in [1.54, 1.807) is 12.3 Å². The molecule has 1 aliphatic heterocycles. The Labute approximate surface area is 109 Å². The van der Waals surface area contributed by atoms with Crippen LogP contribution in [0.1, 0.15) is 29.4 Å². The van der Waals surface area contributed by atoms with Crippen LogP contribution in [0.15, 0.2) is 12.3 Å². The number of anilines is 1. The fourth-order valence-corrected chi connectivity index (χ4v) is 3.39. The third-order valence-corrected chi connectivity index (χ3v) is 4.52. The molecule has 1 aliphatic rings. The summed E-state index contributed by atoms with van der Waals surface area (Å²) >= 11 is 1.33. The van der Waals surface area contributed by atoms with Crippen LogP contribution in [-0.4, -0.2) is 33.6 Å². The summed E-state index contributed by atoms with van der Waals surface area (Å²) in [6.45, 7) is 2.90. The molecule has 0 spiro atoms. The fourth-order valence-electron chi connectivity index (χ4n) is 2.40. The van der Waals surface area contributed by atoms with E-state index in [0.717, 1.165) is 29.6 Å². The normalized spacial score (nSPS) is 19.6. The maximum atomic E-state index is 12.5. The highest BCUT2D eigenvalue weighted by Gasteiger charge is 2.29. The molecule has 1 unspecified atom stereocenters. The minimum Gasteiger partial charge on any atom is -0.397 e. The van der Waals surface area contributed by atoms with E-state index in [2.05, 4.69) is 17.1 Å². The molecule has 2 aromatic rings. The number of hydrogen-bond donors (Lipinski definition) is 1. The number of nitrogen functional groups attached to an aromatic ring is 1. The Morgan fingerprint density at radius 2 is 2.44 bits per heavy atom. The van der Waals surface area contributed by atoms with Crippen molar-refractivity contribution >= 4 is 33.1 Å². The number of nitrogens with zero attached hydrogens (tertiary/aromatic N) is 3. The summed E-state index contributed by atoms with van der Waals surface area (Å²) in [5, 5.41) is 8.65. The highest BCUT2D eigenvalue weighted by molar-refractivity contribution is 7.21. The van der Waals surface area contributed by atoms with E-state index < -0.39 is 0 Å². The number of likely N-dealkylation sites (tertiary alicyclic amines) is 1. The molecule has 2 aromatic heterocycles. The van der Waals surface area contributed by atoms with Gasteiger partial charge in [-0.3, -0.25) is 4.79 Å². The molecule has 18 heavy (non-hydrogen) atoms. The summed E-state index contributed by atoms with van der Waals surface area (Å²) in [4.78, 5) is 15.7. The van der Waals surface area contributed by atoms with E-state index in [4.69, 9.17) is 5.73 Å². The van der Waals surface area contributed by atoms with Crippen LogP contribution in [0.25, 0.3) is 10.2 Å². The Hall–Kier alpha value is -1.69. The summed E-state index contributed by atoms with van der Waals surface area (Å²) < 4.78 is 0. The Morgan fingerprint density at radius 1 is 1.61 bits per heavy atom. The van der Waals surface area contributed by atoms with E-state index >= 15 is 0 Å². The molecule has 2 N–H and O–H groups in total. The number of carbonyl (C=O) groups excluding carboxylic acids is 1. The van der Waals surface area contributed by atoms with Crippen LogP contribution >= 0.6 is 11.3 Å². The van der Waals surface area contributed by atoms with Crippen molar-refractivity contribution < 1.29 is 4.79 Å². The maximum absolute atomic E-state index is 12.5. The van der Waals surface area contributed by atoms with Crippen LogP contribution < -0.4 is 5.73 Å². The van der Waals surface area contributed by atoms with E-state index in [0.29, 0.717) is 16.6 Å². The average Bonchev–Trinajstić information content (AvgIpc) is 2.94. The molecule has 0 aliphatic carbocycles. The van der Waals surface area contributed by atoms with Gasteiger partial charge in [-0.05, 0) is 25.8 Å². The number of fused-ring (bicyclic) bond motifs is 1. The first-order valence-corrected chi connectivity index (χ1v) is 6.80. The summed E-state index contributed by atoms with van der Waals surface area (Å²) in [5.41, 5.74) is 6.58. The molecule has 3 rings (SSSR count). The van der Waals surface area contributed by atoms with Crippen LogP contribution in [-0.2, 0) is 0 Å². The van der Waals surface area contributed by atoms with Crippen LogP contribution in [0, 0.1) is 0 Å². The van der Waals surface area contributed by atoms with Gasteiger partial charge in [-0.25, -0.2) is 0 Å². The predicted octanol–water partition coefficient (Wildman–Crippen LogP) is 1.90. The molecule has 1 atom stereocenters. The molecule has 1 amide bonds. The van der Waals surface area contributed by atoms with Gasteiger partial charge >= 0.3 is 0 Å². The number of rotatable bonds is 1. The number of amides is 1. The van der Waals surface area contributed by atoms with E-state index in [9.17, 15) is 4.79 Å². The van der Waals surface area contributed by atoms with E-state index in [-0.39, 0.29) is 5.91 Å². The minimum atomic E-state index is 0.0282. The second kappa shape index (κ2) is 4.20. The first-order valence-electron chi connectivity index (χ1n) is 5.99. The zero-order valence-electron chi connectivity index (χ0n) is 10.1. The smallest absolute Gasteiger partial charge is 0.266 e. The fraction of sp³-hybridized carbons (Fsp3) is 0.417. The highest BCUT2D eigenvalue weighted by Crippen LogP contribution is 2.33. The molecular formula is C12H14N4OS. The summed E-state index contributed by atoms with van der Waals surface area (Å²) in [6.07, 6.45) is 3.73. The van der Waals surface area contributed by atoms with Gasteiger partial charge in [0.25, 0.3) is 5.91 Å². The predicted molar refractivity (Wildman–Crippen MR) is 71.6 cm³/mol. The number of aromatic nitrogens is 2. The van der Waals surface area contributed by atoms with E-state index in [1.807, 2.05) is 4.90 Å². The van der Waals surface area contributed by atoms with Crippen molar-refractivity contribution in [1.82, 2.24) is 15.1 Å². The van der Waals surface area contributed by atoms with Crippen molar-refractivity contribution in [1.29, 1.82) is 0 Å². The molecule has 3 heterocycles. The monoisotopic (exact) mass is 262 g/mol. The number of carbonyl (C=O) groups is 1. The van der Waals surface area contributed by atoms with Crippen molar-refractivity contribution in [2.75, 3.05) is 12.3 Å². The zero-order chi connectivity index (χ0) is 12.7. The first kappa shape index (κ1) is 11.4. The minimum absolute atomic E-state index is 0.0282. The zero-order valence-corrected chi connectivity index (χ0v) is 10.9. The largest absolute Gasteiger partial charge is 0.397 e. The van der Waals surface area contributed by atoms with Gasteiger partial charge in [0, 0.05) is 18.0 Å². The number of nitrogens with two attached hydrogens (primary N) is 1. The SMILES string of the molecule is CC1CCCN1C(=O)c1sc2nnccc2c1N. The third kappa shape index (κ3) is 1.64. The Balaban J connectivity index is 2.04. The van der Waals surface area contributed by atoms with Crippen molar-refractivity contribution in [3.8, 4) is 0 Å². The second-order valence-corrected chi connectivity index (χ2v) is 5.58. The van der Waals surface area contributed by atoms with Gasteiger partial charge in [0.15, 0.2) is 0 Å². The number of hydrogen-bond acceptors (Lipinski definition) is 5. The molecule has 0 radical (unpaired) electrons. The molecule has 0 saturated carbocycles. The summed E-state index contributed by atoms with van der Waals surface area (Å²) in [5.74, 6) is 0.0282. The molecule has 94 valence electrons. The van der Waals surface area contributed by atoms with E-state index in [1.165, 1.54) is 11.3 Å². The first-order chi connectivity index (χ1) is 8.68. The van der Waals surface area contributed by atoms with Gasteiger partial charge in [0.1, 0.15) is 9.71 Å². The third-order valence-electron chi connectivity index (χ3n) is 3.43. The lowest BCUT2D eigenvalue weighted by Gasteiger charge is -2.20. The molecule has 0 aromatic carbocycles. The van der Waals surface area contributed by atoms with Crippen molar-refractivity contribution in [3.05, 3.63) is 17.1 Å². The van der Waals surface area contributed by atoms with Crippen LogP contribution in [0.2, 0.25) is 0 Å². The van der Waals surface area contributed by atoms with Crippen LogP contribution in [0.4, 0.5) is 5.69 Å². The Kier molecular flexibility index (Phi) is 2.66. The van der Waals surface area contributed by atoms with Gasteiger partial charge in [-0.15, -0.1) is 16.4 Å². The maximum Gasteiger partial charge on any atom is 0.266 e. The highest BCUT2D eigenvalue weighted by atomic mass is 32.1. The molecule has 0 bridgehead atoms. The molecule has 1 saturated heterocycles. The standard InChI is InChI=1S/C12H14N4OS/c1-7-3-2-6-16(7)12(17)10-9(13)8-4-5-14-15-11(8)18-10/h4-5,7H,2-3,6,13H2,1H3. The molecule has 6 heteroatoms. The Morgan fingerprint density at radius 3 is 3.11 bits per heavy atom.